The summed E-state index contributed by atoms with van der Waals surface area (Å²) in [6.45, 7) is 41.5. The maximum absolute atomic E-state index is 13.4. The highest BCUT2D eigenvalue weighted by Gasteiger charge is 2.74. The zero-order valence-corrected chi connectivity index (χ0v) is 87.6. The summed E-state index contributed by atoms with van der Waals surface area (Å²) >= 11 is 0. The average molecular weight is 1930 g/mol. The van der Waals surface area contributed by atoms with E-state index < -0.39 is 114 Å². The zero-order chi connectivity index (χ0) is 99.3. The minimum atomic E-state index is -3.53. The third-order valence-corrected chi connectivity index (χ3v) is 40.1. The van der Waals surface area contributed by atoms with Crippen molar-refractivity contribution in [1.29, 1.82) is 5.26 Å². The molecule has 0 aromatic rings. The molecule has 22 fully saturated rings. The second kappa shape index (κ2) is 38.9. The summed E-state index contributed by atoms with van der Waals surface area (Å²) in [5.74, 6) is 0.270. The van der Waals surface area contributed by atoms with E-state index in [4.69, 9.17) is 61.0 Å². The van der Waals surface area contributed by atoms with E-state index in [0.717, 1.165) is 128 Å². The van der Waals surface area contributed by atoms with Gasteiger partial charge in [-0.15, -0.1) is 0 Å². The molecule has 17 unspecified atom stereocenters. The van der Waals surface area contributed by atoms with Gasteiger partial charge in [-0.25, -0.2) is 9.59 Å². The molecule has 19 aliphatic carbocycles. The van der Waals surface area contributed by atoms with Crippen LogP contribution >= 0.6 is 0 Å². The molecule has 27 heteroatoms. The van der Waals surface area contributed by atoms with Crippen LogP contribution in [0.25, 0.3) is 0 Å². The molecule has 22 rings (SSSR count). The van der Waals surface area contributed by atoms with E-state index in [2.05, 4.69) is 40.7 Å². The van der Waals surface area contributed by atoms with Gasteiger partial charge in [0.1, 0.15) is 41.2 Å². The number of rotatable bonds is 29. The quantitative estimate of drug-likeness (QED) is 0.0413. The first-order chi connectivity index (χ1) is 63.5. The number of aliphatic hydroxyl groups is 1. The second-order valence-electron chi connectivity index (χ2n) is 50.9. The molecular weight excluding hydrogens is 1760 g/mol. The molecule has 3 heterocycles. The van der Waals surface area contributed by atoms with Crippen molar-refractivity contribution < 1.29 is 118 Å². The Labute approximate surface area is 812 Å². The van der Waals surface area contributed by atoms with Gasteiger partial charge in [0.15, 0.2) is 12.0 Å². The average Bonchev–Trinajstić information content (AvgIpc) is 1.51. The van der Waals surface area contributed by atoms with E-state index in [1.165, 1.54) is 103 Å². The van der Waals surface area contributed by atoms with Gasteiger partial charge < -0.3 is 61.9 Å². The van der Waals surface area contributed by atoms with Crippen LogP contribution in [0.1, 0.15) is 428 Å². The fourth-order valence-corrected chi connectivity index (χ4v) is 30.9. The lowest BCUT2D eigenvalue weighted by Crippen LogP contribution is -2.70. The first kappa shape index (κ1) is 106. The number of carbonyl (C=O) groups is 9. The number of nitrogens with zero attached hydrogens (tertiary/aromatic N) is 1. The normalized spacial score (nSPS) is 38.6. The number of hydrogen-bond acceptors (Lipinski definition) is 26. The van der Waals surface area contributed by atoms with Gasteiger partial charge in [-0.2, -0.15) is 13.7 Å². The Balaban J connectivity index is 0.000000133. The van der Waals surface area contributed by atoms with Crippen molar-refractivity contribution in [3.05, 3.63) is 0 Å². The molecule has 22 aliphatic rings. The lowest BCUT2D eigenvalue weighted by Gasteiger charge is -2.67. The van der Waals surface area contributed by atoms with Crippen molar-refractivity contribution in [2.75, 3.05) is 13.2 Å². The summed E-state index contributed by atoms with van der Waals surface area (Å²) in [6.07, 6.45) is 41.3. The van der Waals surface area contributed by atoms with Crippen LogP contribution in [0.4, 0.5) is 0 Å². The Morgan fingerprint density at radius 2 is 0.809 bits per heavy atom. The van der Waals surface area contributed by atoms with Gasteiger partial charge >= 0.3 is 53.7 Å². The van der Waals surface area contributed by atoms with Crippen LogP contribution in [0.3, 0.4) is 0 Å². The van der Waals surface area contributed by atoms with E-state index in [0.29, 0.717) is 87.6 Å². The number of fused-ring (bicyclic) bond motifs is 2. The van der Waals surface area contributed by atoms with Crippen LogP contribution in [-0.4, -0.2) is 172 Å². The first-order valence-corrected chi connectivity index (χ1v) is 55.0. The Morgan fingerprint density at radius 1 is 0.426 bits per heavy atom. The molecule has 0 radical (unpaired) electrons. The predicted octanol–water partition coefficient (Wildman–Crippen LogP) is 20.6. The van der Waals surface area contributed by atoms with E-state index in [9.17, 15) is 61.9 Å². The van der Waals surface area contributed by atoms with Crippen LogP contribution in [0.2, 0.25) is 0 Å². The van der Waals surface area contributed by atoms with Crippen LogP contribution in [0.5, 0.6) is 0 Å². The number of carbonyl (C=O) groups excluding carboxylic acids is 9. The van der Waals surface area contributed by atoms with Gasteiger partial charge in [0.25, 0.3) is 10.1 Å². The number of esters is 9. The van der Waals surface area contributed by atoms with Crippen molar-refractivity contribution in [3.63, 3.8) is 0 Å². The van der Waals surface area contributed by atoms with Crippen LogP contribution < -0.4 is 0 Å². The second-order valence-corrected chi connectivity index (χ2v) is 52.7. The number of hydrogen-bond donors (Lipinski definition) is 1. The molecular formula is C109H171NO25S. The Kier molecular flexibility index (Phi) is 30.4. The standard InChI is InChI=1S/C30H50O4.C23H38O3.C16H26O3.C15H19NO4.C15H22O7S.C10H16O4/c1-6-25(4,5)24(31)32-28-17-23-18-29(20-28,33-26(7-2)13-9-10-14-26)22-30(19-23,21-28)34-27(8-3)15-11-12-16-27;1-5-20(3,4)19(24)25-22-12-17-11-18(13-22)15-23(14-17,16-22)26-21(6-2)9-7-8-10-21;1-4-14(2,3)13(17)19-16-8-11-5-12(9-16)7-15(18,6-11)10-16;1-4-14(2,3)12(17)19-10-8-5-9-11(10)20-13(18)15(9,6-8)7-16;1-4-15(2,3)14(17)20-7-11(16)21-12-8-5-9-10(6-8)23(18,19)22-13(9)12;1-4-10(2,3)9(12)14-7-5-6-13-8(7)11/h23H,6-22H2,1-5H3;17-18H,5-16H2,1-4H3;11-12,18H,4-10H2,1-3H3;8-11H,4-6H2,1-3H3;8-10,12-13H,4-7H2,1-3H3;7H,4-6H2,1-3H3. The summed E-state index contributed by atoms with van der Waals surface area (Å²) in [6, 6.07) is 2.15. The molecule has 3 aliphatic heterocycles. The van der Waals surface area contributed by atoms with Crippen molar-refractivity contribution in [1.82, 2.24) is 0 Å². The number of ether oxygens (including phenoxy) is 12. The minimum absolute atomic E-state index is 0.00294. The van der Waals surface area contributed by atoms with Crippen molar-refractivity contribution in [3.8, 4) is 6.07 Å². The highest BCUT2D eigenvalue weighted by atomic mass is 32.2. The summed E-state index contributed by atoms with van der Waals surface area (Å²) in [5.41, 5.74) is -5.83. The molecule has 0 aromatic heterocycles. The van der Waals surface area contributed by atoms with Crippen LogP contribution in [0.15, 0.2) is 0 Å². The van der Waals surface area contributed by atoms with Crippen LogP contribution in [-0.2, 0) is 114 Å². The van der Waals surface area contributed by atoms with E-state index >= 15 is 0 Å². The Morgan fingerprint density at radius 3 is 1.24 bits per heavy atom. The monoisotopic (exact) mass is 1930 g/mol. The molecule has 19 saturated carbocycles. The number of cyclic esters (lactones) is 1. The molecule has 17 atom stereocenters. The molecule has 0 spiro atoms. The fourth-order valence-electron chi connectivity index (χ4n) is 29.0. The minimum Gasteiger partial charge on any atom is -0.463 e. The maximum Gasteiger partial charge on any atom is 0.347 e. The predicted molar refractivity (Wildman–Crippen MR) is 506 cm³/mol. The molecule has 26 nitrogen and oxygen atoms in total. The Hall–Kier alpha value is -5.53. The fraction of sp³-hybridized carbons (Fsp3) is 0.908. The largest absolute Gasteiger partial charge is 0.463 e. The van der Waals surface area contributed by atoms with Gasteiger partial charge in [0.2, 0.25) is 6.10 Å². The van der Waals surface area contributed by atoms with Crippen molar-refractivity contribution in [2.24, 2.45) is 91.2 Å². The summed E-state index contributed by atoms with van der Waals surface area (Å²) < 4.78 is 101. The molecule has 136 heavy (non-hydrogen) atoms. The summed E-state index contributed by atoms with van der Waals surface area (Å²) in [7, 11) is -3.53. The van der Waals surface area contributed by atoms with Gasteiger partial charge in [0.05, 0.1) is 89.6 Å². The molecule has 768 valence electrons. The highest BCUT2D eigenvalue weighted by molar-refractivity contribution is 7.87. The Bertz CT molecular complexity index is 4480. The topological polar surface area (TPSA) is 352 Å². The summed E-state index contributed by atoms with van der Waals surface area (Å²) in [4.78, 5) is 109. The van der Waals surface area contributed by atoms with Gasteiger partial charge in [0, 0.05) is 62.2 Å². The van der Waals surface area contributed by atoms with Gasteiger partial charge in [-0.1, -0.05) is 101 Å². The highest BCUT2D eigenvalue weighted by Crippen LogP contribution is 2.69. The molecule has 16 bridgehead atoms. The number of nitriles is 1. The molecule has 3 saturated heterocycles. The van der Waals surface area contributed by atoms with E-state index in [1.807, 2.05) is 83.1 Å². The van der Waals surface area contributed by atoms with E-state index in [-0.39, 0.29) is 110 Å². The van der Waals surface area contributed by atoms with Gasteiger partial charge in [-0.3, -0.25) is 37.7 Å². The summed E-state index contributed by atoms with van der Waals surface area (Å²) in [5, 5.41) is 19.5. The van der Waals surface area contributed by atoms with Crippen LogP contribution in [0, 0.1) is 102 Å². The SMILES string of the molecule is CCC(C)(C)C(=O)OC12CC3CC(CC(O)(C3)C1)C2.CCC(C)(C)C(=O)OC1C2CC3C1OC(=O)C3(C#N)C2.CCC(C)(C)C(=O)OC1CCOC1=O.CCC(C)(C)C(=O)OCC(=O)OC1C2CC3C1OS(=O)(=O)C3C2.CCC1(OC23CC4CC(CC(OC(=O)C(C)(C)CC)(C4)C2)C3)CCCC1.CCC1(OC23CC4CC(OC(=O)C(C)(C)CC)(C2)CC(OC2(CC)CCCC2)(C4)C3)CCCC1. The third-order valence-electron chi connectivity index (χ3n) is 38.3. The molecule has 0 aromatic carbocycles. The maximum atomic E-state index is 13.4. The van der Waals surface area contributed by atoms with E-state index in [1.54, 1.807) is 27.7 Å². The first-order valence-electron chi connectivity index (χ1n) is 53.5. The van der Waals surface area contributed by atoms with Gasteiger partial charge in [-0.05, 0) is 318 Å². The molecule has 0 amide bonds. The lowest BCUT2D eigenvalue weighted by atomic mass is 9.50. The molecule has 1 N–H and O–H groups in total. The lowest BCUT2D eigenvalue weighted by molar-refractivity contribution is -0.324. The zero-order valence-electron chi connectivity index (χ0n) is 86.8. The van der Waals surface area contributed by atoms with Crippen molar-refractivity contribution >= 4 is 63.8 Å². The third kappa shape index (κ3) is 21.4. The van der Waals surface area contributed by atoms with Crippen molar-refractivity contribution in [2.45, 2.75) is 520 Å². The smallest absolute Gasteiger partial charge is 0.347 e.